The van der Waals surface area contributed by atoms with Gasteiger partial charge in [0.05, 0.1) is 13.2 Å². The van der Waals surface area contributed by atoms with Gasteiger partial charge in [0.15, 0.2) is 0 Å². The van der Waals surface area contributed by atoms with Crippen molar-refractivity contribution in [2.75, 3.05) is 39.5 Å². The summed E-state index contributed by atoms with van der Waals surface area (Å²) in [5.41, 5.74) is 2.27. The molecule has 2 aromatic rings. The molecule has 4 heteroatoms. The lowest BCUT2D eigenvalue weighted by molar-refractivity contribution is 0.0322. The second-order valence-electron chi connectivity index (χ2n) is 6.00. The molecule has 0 bridgehead atoms. The van der Waals surface area contributed by atoms with Gasteiger partial charge in [0, 0.05) is 19.6 Å². The summed E-state index contributed by atoms with van der Waals surface area (Å²) >= 11 is 0. The van der Waals surface area contributed by atoms with Gasteiger partial charge in [-0.1, -0.05) is 30.3 Å². The molecule has 2 aromatic carbocycles. The van der Waals surface area contributed by atoms with Gasteiger partial charge < -0.3 is 14.2 Å². The molecule has 0 atom stereocenters. The van der Waals surface area contributed by atoms with Crippen molar-refractivity contribution in [2.24, 2.45) is 0 Å². The van der Waals surface area contributed by atoms with Crippen molar-refractivity contribution in [1.29, 1.82) is 0 Å². The smallest absolute Gasteiger partial charge is 0.122 e. The average molecular weight is 327 g/mol. The van der Waals surface area contributed by atoms with Crippen LogP contribution in [0.5, 0.6) is 11.5 Å². The van der Waals surface area contributed by atoms with Crippen LogP contribution >= 0.6 is 0 Å². The molecule has 0 N–H and O–H groups in total. The average Bonchev–Trinajstić information content (AvgIpc) is 2.63. The highest BCUT2D eigenvalue weighted by Crippen LogP contribution is 2.24. The molecule has 24 heavy (non-hydrogen) atoms. The van der Waals surface area contributed by atoms with E-state index in [2.05, 4.69) is 24.0 Å². The number of hydrogen-bond donors (Lipinski definition) is 0. The van der Waals surface area contributed by atoms with Gasteiger partial charge in [-0.05, 0) is 36.2 Å². The Morgan fingerprint density at radius 1 is 1.00 bits per heavy atom. The van der Waals surface area contributed by atoms with Gasteiger partial charge in [-0.15, -0.1) is 0 Å². The summed E-state index contributed by atoms with van der Waals surface area (Å²) in [4.78, 5) is 2.37. The molecule has 128 valence electrons. The Balaban J connectivity index is 1.47. The SMILES string of the molecule is Cc1cc(OCc2ccccc2)ccc1OCCN1CCOCC1. The molecule has 0 radical (unpaired) electrons. The van der Waals surface area contributed by atoms with Crippen molar-refractivity contribution >= 4 is 0 Å². The normalized spacial score (nSPS) is 15.2. The third-order valence-corrected chi connectivity index (χ3v) is 4.16. The fourth-order valence-corrected chi connectivity index (χ4v) is 2.72. The van der Waals surface area contributed by atoms with Crippen LogP contribution in [0.4, 0.5) is 0 Å². The summed E-state index contributed by atoms with van der Waals surface area (Å²) in [6, 6.07) is 16.2. The Hall–Kier alpha value is -2.04. The van der Waals surface area contributed by atoms with Crippen LogP contribution in [0.1, 0.15) is 11.1 Å². The van der Waals surface area contributed by atoms with E-state index < -0.39 is 0 Å². The molecule has 1 saturated heterocycles. The molecule has 1 aliphatic rings. The lowest BCUT2D eigenvalue weighted by Crippen LogP contribution is -2.38. The molecule has 0 aliphatic carbocycles. The van der Waals surface area contributed by atoms with Gasteiger partial charge in [0.1, 0.15) is 24.7 Å². The van der Waals surface area contributed by atoms with E-state index >= 15 is 0 Å². The lowest BCUT2D eigenvalue weighted by atomic mass is 10.2. The topological polar surface area (TPSA) is 30.9 Å². The zero-order valence-corrected chi connectivity index (χ0v) is 14.2. The molecule has 1 aliphatic heterocycles. The second-order valence-corrected chi connectivity index (χ2v) is 6.00. The molecule has 0 aromatic heterocycles. The highest BCUT2D eigenvalue weighted by molar-refractivity contribution is 5.39. The Kier molecular flexibility index (Phi) is 6.10. The minimum atomic E-state index is 0.581. The van der Waals surface area contributed by atoms with Gasteiger partial charge in [0.2, 0.25) is 0 Å². The van der Waals surface area contributed by atoms with Crippen LogP contribution in [-0.4, -0.2) is 44.4 Å². The van der Waals surface area contributed by atoms with E-state index in [1.54, 1.807) is 0 Å². The number of hydrogen-bond acceptors (Lipinski definition) is 4. The van der Waals surface area contributed by atoms with Crippen molar-refractivity contribution in [3.8, 4) is 11.5 Å². The van der Waals surface area contributed by atoms with E-state index in [1.807, 2.05) is 36.4 Å². The van der Waals surface area contributed by atoms with Gasteiger partial charge in [0.25, 0.3) is 0 Å². The Morgan fingerprint density at radius 2 is 1.79 bits per heavy atom. The van der Waals surface area contributed by atoms with Crippen molar-refractivity contribution in [1.82, 2.24) is 4.90 Å². The van der Waals surface area contributed by atoms with Crippen molar-refractivity contribution in [3.63, 3.8) is 0 Å². The summed E-state index contributed by atoms with van der Waals surface area (Å²) in [5, 5.41) is 0. The van der Waals surface area contributed by atoms with Crippen LogP contribution in [0.2, 0.25) is 0 Å². The number of ether oxygens (including phenoxy) is 3. The first-order chi connectivity index (χ1) is 11.8. The number of aryl methyl sites for hydroxylation is 1. The summed E-state index contributed by atoms with van der Waals surface area (Å²) in [6.45, 7) is 7.92. The van der Waals surface area contributed by atoms with Crippen LogP contribution in [0.3, 0.4) is 0 Å². The molecule has 1 heterocycles. The largest absolute Gasteiger partial charge is 0.492 e. The maximum Gasteiger partial charge on any atom is 0.122 e. The number of rotatable bonds is 7. The molecular weight excluding hydrogens is 302 g/mol. The Morgan fingerprint density at radius 3 is 2.54 bits per heavy atom. The summed E-state index contributed by atoms with van der Waals surface area (Å²) in [5.74, 6) is 1.80. The maximum atomic E-state index is 5.92. The van der Waals surface area contributed by atoms with Crippen LogP contribution in [0.25, 0.3) is 0 Å². The number of nitrogens with zero attached hydrogens (tertiary/aromatic N) is 1. The molecule has 0 saturated carbocycles. The van der Waals surface area contributed by atoms with Gasteiger partial charge in [-0.2, -0.15) is 0 Å². The first-order valence-corrected chi connectivity index (χ1v) is 8.51. The van der Waals surface area contributed by atoms with Crippen LogP contribution in [0, 0.1) is 6.92 Å². The summed E-state index contributed by atoms with van der Waals surface area (Å²) < 4.78 is 17.1. The summed E-state index contributed by atoms with van der Waals surface area (Å²) in [6.07, 6.45) is 0. The van der Waals surface area contributed by atoms with E-state index in [1.165, 1.54) is 5.56 Å². The highest BCUT2D eigenvalue weighted by atomic mass is 16.5. The van der Waals surface area contributed by atoms with Crippen molar-refractivity contribution in [2.45, 2.75) is 13.5 Å². The molecular formula is C20H25NO3. The Bertz CT molecular complexity index is 624. The highest BCUT2D eigenvalue weighted by Gasteiger charge is 2.10. The standard InChI is InChI=1S/C20H25NO3/c1-17-15-19(24-16-18-5-3-2-4-6-18)7-8-20(17)23-14-11-21-9-12-22-13-10-21/h2-8,15H,9-14,16H2,1H3. The number of benzene rings is 2. The second kappa shape index (κ2) is 8.71. The van der Waals surface area contributed by atoms with Gasteiger partial charge in [-0.3, -0.25) is 4.90 Å². The quantitative estimate of drug-likeness (QED) is 0.781. The van der Waals surface area contributed by atoms with Crippen molar-refractivity contribution < 1.29 is 14.2 Å². The minimum absolute atomic E-state index is 0.581. The van der Waals surface area contributed by atoms with Crippen LogP contribution < -0.4 is 9.47 Å². The molecule has 0 amide bonds. The first kappa shape index (κ1) is 16.8. The minimum Gasteiger partial charge on any atom is -0.492 e. The van der Waals surface area contributed by atoms with E-state index in [9.17, 15) is 0 Å². The molecule has 3 rings (SSSR count). The van der Waals surface area contributed by atoms with Gasteiger partial charge in [-0.25, -0.2) is 0 Å². The predicted molar refractivity (Wildman–Crippen MR) is 94.7 cm³/mol. The van der Waals surface area contributed by atoms with Crippen molar-refractivity contribution in [3.05, 3.63) is 59.7 Å². The molecule has 1 fully saturated rings. The van der Waals surface area contributed by atoms with Crippen LogP contribution in [0.15, 0.2) is 48.5 Å². The maximum absolute atomic E-state index is 5.92. The zero-order chi connectivity index (χ0) is 16.6. The lowest BCUT2D eigenvalue weighted by Gasteiger charge is -2.26. The third kappa shape index (κ3) is 4.98. The summed E-state index contributed by atoms with van der Waals surface area (Å²) in [7, 11) is 0. The fourth-order valence-electron chi connectivity index (χ4n) is 2.72. The van der Waals surface area contributed by atoms with E-state index in [-0.39, 0.29) is 0 Å². The third-order valence-electron chi connectivity index (χ3n) is 4.16. The molecule has 0 spiro atoms. The Labute approximate surface area is 144 Å². The molecule has 0 unspecified atom stereocenters. The monoisotopic (exact) mass is 327 g/mol. The van der Waals surface area contributed by atoms with Crippen LogP contribution in [-0.2, 0) is 11.3 Å². The fraction of sp³-hybridized carbons (Fsp3) is 0.400. The van der Waals surface area contributed by atoms with Gasteiger partial charge >= 0.3 is 0 Å². The van der Waals surface area contributed by atoms with E-state index in [4.69, 9.17) is 14.2 Å². The first-order valence-electron chi connectivity index (χ1n) is 8.51. The predicted octanol–water partition coefficient (Wildman–Crippen LogP) is 3.29. The zero-order valence-electron chi connectivity index (χ0n) is 14.2. The van der Waals surface area contributed by atoms with E-state index in [0.717, 1.165) is 49.9 Å². The van der Waals surface area contributed by atoms with E-state index in [0.29, 0.717) is 13.2 Å². The molecule has 4 nitrogen and oxygen atoms in total. The number of morpholine rings is 1.